The van der Waals surface area contributed by atoms with E-state index in [0.29, 0.717) is 16.8 Å². The van der Waals surface area contributed by atoms with Crippen LogP contribution in [0.5, 0.6) is 5.75 Å². The zero-order valence-electron chi connectivity index (χ0n) is 11.5. The summed E-state index contributed by atoms with van der Waals surface area (Å²) in [5, 5.41) is 26.3. The number of benzene rings is 2. The molecule has 21 heavy (non-hydrogen) atoms. The van der Waals surface area contributed by atoms with E-state index in [0.717, 1.165) is 16.8 Å². The van der Waals surface area contributed by atoms with Gasteiger partial charge >= 0.3 is 0 Å². The molecule has 3 rings (SSSR count). The predicted octanol–water partition coefficient (Wildman–Crippen LogP) is 3.63. The highest BCUT2D eigenvalue weighted by atomic mass is 16.3. The minimum Gasteiger partial charge on any atom is -0.507 e. The third-order valence-electron chi connectivity index (χ3n) is 3.34. The van der Waals surface area contributed by atoms with Gasteiger partial charge in [-0.15, -0.1) is 0 Å². The summed E-state index contributed by atoms with van der Waals surface area (Å²) in [5.41, 5.74) is 4.50. The number of phenols is 1. The van der Waals surface area contributed by atoms with Crippen LogP contribution in [0.1, 0.15) is 11.1 Å². The third-order valence-corrected chi connectivity index (χ3v) is 3.34. The van der Waals surface area contributed by atoms with E-state index in [2.05, 4.69) is 16.3 Å². The number of nitriles is 1. The Kier molecular flexibility index (Phi) is 3.17. The van der Waals surface area contributed by atoms with Gasteiger partial charge in [0.1, 0.15) is 5.75 Å². The number of hydrogen-bond donors (Lipinski definition) is 2. The molecule has 0 saturated carbocycles. The molecule has 0 spiro atoms. The third kappa shape index (κ3) is 2.37. The van der Waals surface area contributed by atoms with Crippen LogP contribution in [-0.4, -0.2) is 15.3 Å². The summed E-state index contributed by atoms with van der Waals surface area (Å²) < 4.78 is 0. The second-order valence-electron chi connectivity index (χ2n) is 4.84. The van der Waals surface area contributed by atoms with Crippen molar-refractivity contribution < 1.29 is 5.11 Å². The summed E-state index contributed by atoms with van der Waals surface area (Å²) in [7, 11) is 0. The van der Waals surface area contributed by atoms with Crippen molar-refractivity contribution in [1.29, 1.82) is 5.26 Å². The average Bonchev–Trinajstić information content (AvgIpc) is 2.99. The summed E-state index contributed by atoms with van der Waals surface area (Å²) in [6.07, 6.45) is 0. The summed E-state index contributed by atoms with van der Waals surface area (Å²) >= 11 is 0. The van der Waals surface area contributed by atoms with Gasteiger partial charge in [-0.3, -0.25) is 5.10 Å². The highest BCUT2D eigenvalue weighted by molar-refractivity contribution is 5.74. The van der Waals surface area contributed by atoms with E-state index >= 15 is 0 Å². The van der Waals surface area contributed by atoms with E-state index in [1.54, 1.807) is 12.1 Å². The molecule has 0 atom stereocenters. The Hall–Kier alpha value is -3.06. The fraction of sp³-hybridized carbons (Fsp3) is 0.0588. The fourth-order valence-electron chi connectivity index (χ4n) is 2.27. The van der Waals surface area contributed by atoms with Crippen molar-refractivity contribution in [3.63, 3.8) is 0 Å². The van der Waals surface area contributed by atoms with E-state index in [9.17, 15) is 5.11 Å². The maximum absolute atomic E-state index is 9.97. The summed E-state index contributed by atoms with van der Waals surface area (Å²) in [6, 6.07) is 16.7. The van der Waals surface area contributed by atoms with Gasteiger partial charge in [0.05, 0.1) is 23.0 Å². The summed E-state index contributed by atoms with van der Waals surface area (Å²) in [6.45, 7) is 1.96. The highest BCUT2D eigenvalue weighted by Crippen LogP contribution is 2.31. The van der Waals surface area contributed by atoms with Crippen molar-refractivity contribution >= 4 is 0 Å². The van der Waals surface area contributed by atoms with Gasteiger partial charge in [-0.25, -0.2) is 0 Å². The number of phenolic OH excluding ortho intramolecular Hbond substituents is 1. The maximum Gasteiger partial charge on any atom is 0.124 e. The van der Waals surface area contributed by atoms with Crippen molar-refractivity contribution in [2.24, 2.45) is 0 Å². The molecule has 0 fully saturated rings. The molecule has 4 heteroatoms. The largest absolute Gasteiger partial charge is 0.507 e. The number of hydrogen-bond acceptors (Lipinski definition) is 3. The number of aromatic nitrogens is 2. The summed E-state index contributed by atoms with van der Waals surface area (Å²) in [4.78, 5) is 0. The van der Waals surface area contributed by atoms with Gasteiger partial charge in [-0.1, -0.05) is 29.8 Å². The first kappa shape index (κ1) is 12.9. The van der Waals surface area contributed by atoms with Crippen LogP contribution in [0.25, 0.3) is 22.5 Å². The lowest BCUT2D eigenvalue weighted by molar-refractivity contribution is 0.477. The van der Waals surface area contributed by atoms with Gasteiger partial charge in [0, 0.05) is 11.1 Å². The molecule has 1 heterocycles. The molecule has 3 aromatic rings. The minimum absolute atomic E-state index is 0.198. The number of aromatic hydroxyl groups is 1. The lowest BCUT2D eigenvalue weighted by atomic mass is 10.0. The van der Waals surface area contributed by atoms with Gasteiger partial charge in [-0.05, 0) is 31.2 Å². The minimum atomic E-state index is 0.198. The fourth-order valence-corrected chi connectivity index (χ4v) is 2.27. The molecule has 1 aromatic heterocycles. The van der Waals surface area contributed by atoms with Gasteiger partial charge < -0.3 is 5.11 Å². The van der Waals surface area contributed by atoms with Crippen LogP contribution in [0.3, 0.4) is 0 Å². The lowest BCUT2D eigenvalue weighted by Gasteiger charge is -2.02. The topological polar surface area (TPSA) is 72.7 Å². The molecule has 0 amide bonds. The van der Waals surface area contributed by atoms with Gasteiger partial charge in [0.25, 0.3) is 0 Å². The van der Waals surface area contributed by atoms with Crippen LogP contribution in [0.15, 0.2) is 48.5 Å². The van der Waals surface area contributed by atoms with E-state index in [4.69, 9.17) is 5.26 Å². The second kappa shape index (κ2) is 5.14. The molecule has 2 N–H and O–H groups in total. The number of H-pyrrole nitrogens is 1. The van der Waals surface area contributed by atoms with Crippen LogP contribution in [0.4, 0.5) is 0 Å². The Labute approximate surface area is 122 Å². The smallest absolute Gasteiger partial charge is 0.124 e. The SMILES string of the molecule is Cc1ccc(O)c(-c2cc(-c3ccccc3C#N)n[nH]2)c1. The van der Waals surface area contributed by atoms with Crippen LogP contribution in [0.2, 0.25) is 0 Å². The highest BCUT2D eigenvalue weighted by Gasteiger charge is 2.11. The number of nitrogens with one attached hydrogen (secondary N) is 1. The molecular formula is C17H13N3O. The number of rotatable bonds is 2. The van der Waals surface area contributed by atoms with Crippen molar-refractivity contribution in [2.45, 2.75) is 6.92 Å². The van der Waals surface area contributed by atoms with E-state index in [1.165, 1.54) is 0 Å². The van der Waals surface area contributed by atoms with Crippen molar-refractivity contribution in [1.82, 2.24) is 10.2 Å². The first-order chi connectivity index (χ1) is 10.2. The number of nitrogens with zero attached hydrogens (tertiary/aromatic N) is 2. The van der Waals surface area contributed by atoms with Crippen molar-refractivity contribution in [3.05, 3.63) is 59.7 Å². The zero-order valence-corrected chi connectivity index (χ0v) is 11.5. The molecule has 4 nitrogen and oxygen atoms in total. The standard InChI is InChI=1S/C17H13N3O/c1-11-6-7-17(21)14(8-11)16-9-15(19-20-16)13-5-3-2-4-12(13)10-18/h2-9,21H,1H3,(H,19,20). The Morgan fingerprint density at radius 1 is 1.10 bits per heavy atom. The van der Waals surface area contributed by atoms with Crippen LogP contribution < -0.4 is 0 Å². The van der Waals surface area contributed by atoms with Crippen LogP contribution in [0, 0.1) is 18.3 Å². The molecule has 102 valence electrons. The Morgan fingerprint density at radius 3 is 2.71 bits per heavy atom. The van der Waals surface area contributed by atoms with Gasteiger partial charge in [-0.2, -0.15) is 10.4 Å². The quantitative estimate of drug-likeness (QED) is 0.750. The zero-order chi connectivity index (χ0) is 14.8. The summed E-state index contributed by atoms with van der Waals surface area (Å²) in [5.74, 6) is 0.198. The van der Waals surface area contributed by atoms with E-state index in [1.807, 2.05) is 43.3 Å². The number of aromatic amines is 1. The molecule has 0 radical (unpaired) electrons. The Morgan fingerprint density at radius 2 is 1.90 bits per heavy atom. The lowest BCUT2D eigenvalue weighted by Crippen LogP contribution is -1.83. The molecule has 0 aliphatic rings. The van der Waals surface area contributed by atoms with Crippen LogP contribution in [-0.2, 0) is 0 Å². The van der Waals surface area contributed by atoms with Gasteiger partial charge in [0.2, 0.25) is 0 Å². The van der Waals surface area contributed by atoms with E-state index in [-0.39, 0.29) is 5.75 Å². The molecule has 0 unspecified atom stereocenters. The first-order valence-electron chi connectivity index (χ1n) is 6.54. The first-order valence-corrected chi connectivity index (χ1v) is 6.54. The molecule has 0 aliphatic carbocycles. The van der Waals surface area contributed by atoms with Crippen molar-refractivity contribution in [3.8, 4) is 34.3 Å². The van der Waals surface area contributed by atoms with E-state index < -0.39 is 0 Å². The second-order valence-corrected chi connectivity index (χ2v) is 4.84. The van der Waals surface area contributed by atoms with Crippen molar-refractivity contribution in [2.75, 3.05) is 0 Å². The molecule has 0 bridgehead atoms. The predicted molar refractivity (Wildman–Crippen MR) is 80.6 cm³/mol. The average molecular weight is 275 g/mol. The Bertz CT molecular complexity index is 843. The monoisotopic (exact) mass is 275 g/mol. The number of aryl methyl sites for hydroxylation is 1. The Balaban J connectivity index is 2.09. The van der Waals surface area contributed by atoms with Gasteiger partial charge in [0.15, 0.2) is 0 Å². The molecule has 0 saturated heterocycles. The van der Waals surface area contributed by atoms with Crippen LogP contribution >= 0.6 is 0 Å². The molecular weight excluding hydrogens is 262 g/mol. The molecule has 0 aliphatic heterocycles. The normalized spacial score (nSPS) is 10.3. The molecule has 2 aromatic carbocycles. The maximum atomic E-state index is 9.97.